The number of nitrogens with zero attached hydrogens (tertiary/aromatic N) is 2. The van der Waals surface area contributed by atoms with Gasteiger partial charge in [0.15, 0.2) is 0 Å². The molecule has 160 valence electrons. The van der Waals surface area contributed by atoms with Gasteiger partial charge in [-0.2, -0.15) is 5.26 Å². The van der Waals surface area contributed by atoms with Crippen LogP contribution >= 0.6 is 22.9 Å². The fourth-order valence-electron chi connectivity index (χ4n) is 3.66. The average molecular weight is 465 g/mol. The molecule has 3 aromatic rings. The van der Waals surface area contributed by atoms with Crippen molar-refractivity contribution in [1.29, 1.82) is 5.26 Å². The zero-order valence-electron chi connectivity index (χ0n) is 16.8. The van der Waals surface area contributed by atoms with E-state index in [0.717, 1.165) is 16.9 Å². The molecule has 9 heteroatoms. The smallest absolute Gasteiger partial charge is 0.274 e. The van der Waals surface area contributed by atoms with Gasteiger partial charge in [-0.3, -0.25) is 14.2 Å². The lowest BCUT2D eigenvalue weighted by Gasteiger charge is -2.24. The Bertz CT molecular complexity index is 1490. The molecular weight excluding hydrogens is 448 g/mol. The molecule has 1 unspecified atom stereocenters. The topological polar surface area (TPSA) is 124 Å². The van der Waals surface area contributed by atoms with Gasteiger partial charge in [-0.05, 0) is 35.4 Å². The lowest BCUT2D eigenvalue weighted by molar-refractivity contribution is -0.113. The number of amides is 1. The molecular formula is C23H17ClN4O3S. The Labute approximate surface area is 191 Å². The van der Waals surface area contributed by atoms with E-state index < -0.39 is 17.4 Å². The molecule has 0 fully saturated rings. The molecule has 32 heavy (non-hydrogen) atoms. The van der Waals surface area contributed by atoms with Crippen molar-refractivity contribution in [2.24, 2.45) is 11.5 Å². The summed E-state index contributed by atoms with van der Waals surface area (Å²) >= 11 is 7.46. The van der Waals surface area contributed by atoms with E-state index in [1.807, 2.05) is 6.07 Å². The maximum Gasteiger partial charge on any atom is 0.274 e. The Balaban J connectivity index is 2.06. The highest BCUT2D eigenvalue weighted by Gasteiger charge is 2.35. The van der Waals surface area contributed by atoms with Gasteiger partial charge < -0.3 is 16.2 Å². The minimum atomic E-state index is -0.877. The highest BCUT2D eigenvalue weighted by Crippen LogP contribution is 2.38. The first kappa shape index (κ1) is 21.4. The predicted molar refractivity (Wildman–Crippen MR) is 124 cm³/mol. The third-order valence-electron chi connectivity index (χ3n) is 5.16. The molecule has 0 aliphatic carbocycles. The van der Waals surface area contributed by atoms with Crippen LogP contribution in [0.15, 0.2) is 58.9 Å². The van der Waals surface area contributed by atoms with E-state index in [2.05, 4.69) is 0 Å². The van der Waals surface area contributed by atoms with Crippen LogP contribution in [-0.2, 0) is 4.79 Å². The van der Waals surface area contributed by atoms with Crippen molar-refractivity contribution < 1.29 is 9.53 Å². The Hall–Kier alpha value is -3.80. The summed E-state index contributed by atoms with van der Waals surface area (Å²) in [6.07, 6.45) is 1.68. The number of nitrogens with two attached hydrogens (primary N) is 2. The maximum atomic E-state index is 13.2. The molecule has 1 aliphatic rings. The van der Waals surface area contributed by atoms with Crippen LogP contribution in [0.4, 0.5) is 0 Å². The number of primary amides is 1. The zero-order chi connectivity index (χ0) is 23.0. The second kappa shape index (κ2) is 8.38. The fourth-order valence-corrected chi connectivity index (χ4v) is 5.09. The molecule has 1 aliphatic heterocycles. The average Bonchev–Trinajstić information content (AvgIpc) is 3.10. The highest BCUT2D eigenvalue weighted by atomic mass is 35.5. The van der Waals surface area contributed by atoms with Crippen molar-refractivity contribution in [2.75, 3.05) is 7.11 Å². The van der Waals surface area contributed by atoms with Crippen molar-refractivity contribution in [3.8, 4) is 11.8 Å². The van der Waals surface area contributed by atoms with Crippen LogP contribution < -0.4 is 31.0 Å². The monoisotopic (exact) mass is 464 g/mol. The van der Waals surface area contributed by atoms with E-state index in [9.17, 15) is 14.9 Å². The third-order valence-corrected chi connectivity index (χ3v) is 6.62. The molecule has 1 amide bonds. The summed E-state index contributed by atoms with van der Waals surface area (Å²) in [4.78, 5) is 25.8. The van der Waals surface area contributed by atoms with Crippen molar-refractivity contribution in [1.82, 2.24) is 4.57 Å². The van der Waals surface area contributed by atoms with E-state index in [1.165, 1.54) is 4.57 Å². The fraction of sp³-hybridized carbons (Fsp3) is 0.0870. The summed E-state index contributed by atoms with van der Waals surface area (Å²) in [5.41, 5.74) is 13.0. The van der Waals surface area contributed by atoms with Crippen molar-refractivity contribution >= 4 is 46.3 Å². The van der Waals surface area contributed by atoms with Crippen LogP contribution in [0.25, 0.3) is 17.5 Å². The predicted octanol–water partition coefficient (Wildman–Crippen LogP) is 1.48. The van der Waals surface area contributed by atoms with Gasteiger partial charge in [-0.1, -0.05) is 41.9 Å². The van der Waals surface area contributed by atoms with Gasteiger partial charge in [0.05, 0.1) is 34.8 Å². The van der Waals surface area contributed by atoms with Gasteiger partial charge in [0.1, 0.15) is 16.2 Å². The van der Waals surface area contributed by atoms with Gasteiger partial charge in [0.2, 0.25) is 5.91 Å². The summed E-state index contributed by atoms with van der Waals surface area (Å²) in [5, 5.41) is 10.2. The molecule has 4 N–H and O–H groups in total. The Kier molecular flexibility index (Phi) is 5.61. The lowest BCUT2D eigenvalue weighted by Crippen LogP contribution is -2.41. The highest BCUT2D eigenvalue weighted by molar-refractivity contribution is 7.07. The first-order chi connectivity index (χ1) is 15.4. The quantitative estimate of drug-likeness (QED) is 0.605. The number of aromatic nitrogens is 1. The van der Waals surface area contributed by atoms with Crippen molar-refractivity contribution in [3.05, 3.63) is 89.8 Å². The van der Waals surface area contributed by atoms with Crippen LogP contribution in [0.5, 0.6) is 5.75 Å². The van der Waals surface area contributed by atoms with E-state index in [-0.39, 0.29) is 21.6 Å². The molecule has 2 heterocycles. The Morgan fingerprint density at radius 1 is 1.25 bits per heavy atom. The summed E-state index contributed by atoms with van der Waals surface area (Å²) in [6, 6.07) is 16.0. The number of methoxy groups -OCH3 is 1. The van der Waals surface area contributed by atoms with Crippen LogP contribution in [-0.4, -0.2) is 17.6 Å². The molecule has 4 rings (SSSR count). The van der Waals surface area contributed by atoms with E-state index in [4.69, 9.17) is 27.8 Å². The maximum absolute atomic E-state index is 13.2. The molecule has 1 atom stereocenters. The standard InChI is InChI=1S/C23H17ClN4O3S/c1-31-13-8-6-12(7-9-13)10-17-22(30)28-20(26)15(11-25)18(14-4-2-3-5-16(14)24)19(21(27)29)23(28)32-17/h2-10,18H,26H2,1H3,(H2,27,29)/b17-10+. The van der Waals surface area contributed by atoms with E-state index in [1.54, 1.807) is 61.7 Å². The third kappa shape index (κ3) is 3.47. The summed E-state index contributed by atoms with van der Waals surface area (Å²) < 4.78 is 6.95. The number of carbonyl (C=O) groups excluding carboxylic acids is 1. The molecule has 2 aromatic carbocycles. The summed E-state index contributed by atoms with van der Waals surface area (Å²) in [6.45, 7) is 0. The van der Waals surface area contributed by atoms with Crippen LogP contribution in [0.1, 0.15) is 17.0 Å². The lowest BCUT2D eigenvalue weighted by atomic mass is 9.83. The second-order valence-corrected chi connectivity index (χ2v) is 8.41. The minimum absolute atomic E-state index is 0.0373. The number of fused-ring (bicyclic) bond motifs is 1. The first-order valence-corrected chi connectivity index (χ1v) is 10.6. The number of ether oxygens (including phenoxy) is 1. The SMILES string of the molecule is COc1ccc(/C=c2/sc3n(c2=O)C(N)=C(C#N)C(c2ccccc2Cl)C=3C(N)=O)cc1. The second-order valence-electron chi connectivity index (χ2n) is 6.97. The number of halogens is 1. The zero-order valence-corrected chi connectivity index (χ0v) is 18.4. The number of thiazole rings is 1. The molecule has 0 spiro atoms. The number of carbonyl (C=O) groups is 1. The summed E-state index contributed by atoms with van der Waals surface area (Å²) in [7, 11) is 1.57. The van der Waals surface area contributed by atoms with Crippen molar-refractivity contribution in [2.45, 2.75) is 5.92 Å². The van der Waals surface area contributed by atoms with Gasteiger partial charge in [0.25, 0.3) is 5.56 Å². The van der Waals surface area contributed by atoms with Gasteiger partial charge in [0, 0.05) is 5.02 Å². The first-order valence-electron chi connectivity index (χ1n) is 9.43. The molecule has 0 radical (unpaired) electrons. The molecule has 1 aromatic heterocycles. The van der Waals surface area contributed by atoms with Crippen LogP contribution in [0.2, 0.25) is 5.02 Å². The minimum Gasteiger partial charge on any atom is -0.497 e. The Morgan fingerprint density at radius 3 is 2.53 bits per heavy atom. The number of hydrogen-bond acceptors (Lipinski definition) is 6. The normalized spacial score (nSPS) is 16.0. The summed E-state index contributed by atoms with van der Waals surface area (Å²) in [5.74, 6) is -1.01. The largest absolute Gasteiger partial charge is 0.497 e. The number of benzene rings is 2. The molecule has 7 nitrogen and oxygen atoms in total. The number of nitriles is 1. The molecule has 0 saturated heterocycles. The van der Waals surface area contributed by atoms with Gasteiger partial charge in [-0.25, -0.2) is 0 Å². The number of rotatable bonds is 4. The van der Waals surface area contributed by atoms with E-state index >= 15 is 0 Å². The number of hydrogen-bond donors (Lipinski definition) is 2. The number of allylic oxidation sites excluding steroid dienone is 1. The van der Waals surface area contributed by atoms with Gasteiger partial charge >= 0.3 is 0 Å². The van der Waals surface area contributed by atoms with Crippen molar-refractivity contribution in [3.63, 3.8) is 0 Å². The Morgan fingerprint density at radius 2 is 1.94 bits per heavy atom. The molecule has 0 saturated carbocycles. The van der Waals surface area contributed by atoms with Crippen LogP contribution in [0, 0.1) is 11.3 Å². The van der Waals surface area contributed by atoms with Gasteiger partial charge in [-0.15, -0.1) is 11.3 Å². The molecule has 0 bridgehead atoms. The van der Waals surface area contributed by atoms with E-state index in [0.29, 0.717) is 20.9 Å². The van der Waals surface area contributed by atoms with Crippen LogP contribution in [0.3, 0.4) is 0 Å².